The van der Waals surface area contributed by atoms with E-state index in [0.29, 0.717) is 18.0 Å². The Balaban J connectivity index is 1.81. The second-order valence-corrected chi connectivity index (χ2v) is 9.85. The molecule has 0 unspecified atom stereocenters. The van der Waals surface area contributed by atoms with Crippen molar-refractivity contribution in [3.63, 3.8) is 0 Å². The summed E-state index contributed by atoms with van der Waals surface area (Å²) in [4.78, 5) is 12.1. The molecule has 7 nitrogen and oxygen atoms in total. The number of anilines is 1. The number of rotatable bonds is 13. The first-order chi connectivity index (χ1) is 15.9. The number of hydrogen-bond donors (Lipinski definition) is 1. The van der Waals surface area contributed by atoms with E-state index in [-0.39, 0.29) is 11.4 Å². The number of ether oxygens (including phenoxy) is 1. The number of halogens is 3. The summed E-state index contributed by atoms with van der Waals surface area (Å²) in [6.07, 6.45) is -0.917. The van der Waals surface area contributed by atoms with E-state index < -0.39 is 27.7 Å². The van der Waals surface area contributed by atoms with Crippen LogP contribution in [0.25, 0.3) is 0 Å². The number of unbranched alkanes of at least 4 members (excludes halogenated alkanes) is 3. The standard InChI is InChI=1S/C23H29F3N2O5S/c1-27(17-22(29)30)15-5-3-4-6-16-33-20-11-9-19(10-12-20)28(2)34(31,32)21-13-7-18(8-14-21)23(24,25)26/h7-14H,3-6,15-17H2,1-2H3,(H,29,30). The van der Waals surface area contributed by atoms with Gasteiger partial charge in [-0.25, -0.2) is 8.42 Å². The van der Waals surface area contributed by atoms with Crippen LogP contribution >= 0.6 is 0 Å². The summed E-state index contributed by atoms with van der Waals surface area (Å²) in [5.41, 5.74) is -0.571. The molecule has 0 saturated heterocycles. The summed E-state index contributed by atoms with van der Waals surface area (Å²) in [6, 6.07) is 9.76. The number of likely N-dealkylation sites (N-methyl/N-ethyl adjacent to an activating group) is 1. The number of carboxylic acid groups (broad SMARTS) is 1. The van der Waals surface area contributed by atoms with E-state index in [9.17, 15) is 26.4 Å². The Labute approximate surface area is 197 Å². The minimum atomic E-state index is -4.54. The van der Waals surface area contributed by atoms with Gasteiger partial charge in [-0.05, 0) is 75.0 Å². The lowest BCUT2D eigenvalue weighted by molar-refractivity contribution is -0.138. The van der Waals surface area contributed by atoms with Gasteiger partial charge in [0, 0.05) is 7.05 Å². The molecular formula is C23H29F3N2O5S. The second-order valence-electron chi connectivity index (χ2n) is 7.88. The van der Waals surface area contributed by atoms with Gasteiger partial charge in [0.15, 0.2) is 0 Å². The lowest BCUT2D eigenvalue weighted by Gasteiger charge is -2.20. The first-order valence-corrected chi connectivity index (χ1v) is 12.1. The summed E-state index contributed by atoms with van der Waals surface area (Å²) in [7, 11) is -0.920. The van der Waals surface area contributed by atoms with Crippen molar-refractivity contribution in [3.8, 4) is 5.75 Å². The Morgan fingerprint density at radius 2 is 1.53 bits per heavy atom. The van der Waals surface area contributed by atoms with Gasteiger partial charge in [-0.3, -0.25) is 14.0 Å². The number of aliphatic carboxylic acids is 1. The average Bonchev–Trinajstić information content (AvgIpc) is 2.77. The number of alkyl halides is 3. The van der Waals surface area contributed by atoms with Crippen LogP contribution < -0.4 is 9.04 Å². The smallest absolute Gasteiger partial charge is 0.416 e. The summed E-state index contributed by atoms with van der Waals surface area (Å²) in [6.45, 7) is 1.24. The topological polar surface area (TPSA) is 87.2 Å². The fraction of sp³-hybridized carbons (Fsp3) is 0.435. The van der Waals surface area contributed by atoms with E-state index in [1.165, 1.54) is 7.05 Å². The number of sulfonamides is 1. The SMILES string of the molecule is CN(CCCCCCOc1ccc(N(C)S(=O)(=O)c2ccc(C(F)(F)F)cc2)cc1)CC(=O)O. The van der Waals surface area contributed by atoms with Gasteiger partial charge in [0.05, 0.1) is 29.3 Å². The third-order valence-corrected chi connectivity index (χ3v) is 6.95. The predicted molar refractivity (Wildman–Crippen MR) is 123 cm³/mol. The molecule has 34 heavy (non-hydrogen) atoms. The van der Waals surface area contributed by atoms with Gasteiger partial charge in [-0.15, -0.1) is 0 Å². The van der Waals surface area contributed by atoms with Crippen molar-refractivity contribution in [3.05, 3.63) is 54.1 Å². The highest BCUT2D eigenvalue weighted by molar-refractivity contribution is 7.92. The Morgan fingerprint density at radius 1 is 0.941 bits per heavy atom. The van der Waals surface area contributed by atoms with Crippen LogP contribution in [0.15, 0.2) is 53.4 Å². The quantitative estimate of drug-likeness (QED) is 0.406. The predicted octanol–water partition coefficient (Wildman–Crippen LogP) is 4.49. The molecule has 2 aromatic rings. The highest BCUT2D eigenvalue weighted by Crippen LogP contribution is 2.31. The first kappa shape index (κ1) is 27.5. The molecule has 0 heterocycles. The molecular weight excluding hydrogens is 473 g/mol. The van der Waals surface area contributed by atoms with Crippen molar-refractivity contribution in [2.45, 2.75) is 36.8 Å². The second kappa shape index (κ2) is 12.1. The first-order valence-electron chi connectivity index (χ1n) is 10.7. The van der Waals surface area contributed by atoms with Crippen LogP contribution in [-0.4, -0.2) is 58.2 Å². The summed E-state index contributed by atoms with van der Waals surface area (Å²) in [5, 5.41) is 8.71. The Kier molecular flexibility index (Phi) is 9.75. The summed E-state index contributed by atoms with van der Waals surface area (Å²) < 4.78 is 70.3. The van der Waals surface area contributed by atoms with Gasteiger partial charge in [0.25, 0.3) is 10.0 Å². The van der Waals surface area contributed by atoms with Crippen LogP contribution in [0.4, 0.5) is 18.9 Å². The molecule has 0 aliphatic rings. The largest absolute Gasteiger partial charge is 0.494 e. The molecule has 0 saturated carbocycles. The Morgan fingerprint density at radius 3 is 2.09 bits per heavy atom. The zero-order valence-corrected chi connectivity index (χ0v) is 19.9. The molecule has 0 radical (unpaired) electrons. The van der Waals surface area contributed by atoms with E-state index in [0.717, 1.165) is 60.8 Å². The van der Waals surface area contributed by atoms with Crippen LogP contribution in [-0.2, 0) is 21.0 Å². The van der Waals surface area contributed by atoms with Crippen LogP contribution in [0, 0.1) is 0 Å². The van der Waals surface area contributed by atoms with Gasteiger partial charge < -0.3 is 9.84 Å². The molecule has 188 valence electrons. The fourth-order valence-electron chi connectivity index (χ4n) is 3.20. The summed E-state index contributed by atoms with van der Waals surface area (Å²) in [5.74, 6) is -0.268. The molecule has 0 fully saturated rings. The molecule has 0 aliphatic heterocycles. The lowest BCUT2D eigenvalue weighted by atomic mass is 10.2. The Bertz CT molecular complexity index is 1030. The molecule has 0 bridgehead atoms. The van der Waals surface area contributed by atoms with Crippen molar-refractivity contribution in [2.24, 2.45) is 0 Å². The van der Waals surface area contributed by atoms with Gasteiger partial charge in [0.1, 0.15) is 5.75 Å². The highest BCUT2D eigenvalue weighted by atomic mass is 32.2. The molecule has 0 atom stereocenters. The molecule has 11 heteroatoms. The third-order valence-electron chi connectivity index (χ3n) is 5.15. The van der Waals surface area contributed by atoms with Gasteiger partial charge in [-0.1, -0.05) is 12.8 Å². The lowest BCUT2D eigenvalue weighted by Crippen LogP contribution is -2.26. The molecule has 2 rings (SSSR count). The van der Waals surface area contributed by atoms with Crippen molar-refractivity contribution >= 4 is 21.7 Å². The van der Waals surface area contributed by atoms with Crippen LogP contribution in [0.2, 0.25) is 0 Å². The van der Waals surface area contributed by atoms with E-state index in [1.807, 2.05) is 0 Å². The van der Waals surface area contributed by atoms with E-state index in [1.54, 1.807) is 36.2 Å². The van der Waals surface area contributed by atoms with E-state index in [4.69, 9.17) is 9.84 Å². The fourth-order valence-corrected chi connectivity index (χ4v) is 4.40. The molecule has 0 aliphatic carbocycles. The average molecular weight is 503 g/mol. The van der Waals surface area contributed by atoms with Gasteiger partial charge in [0.2, 0.25) is 0 Å². The van der Waals surface area contributed by atoms with Crippen molar-refractivity contribution < 1.29 is 36.2 Å². The monoisotopic (exact) mass is 502 g/mol. The van der Waals surface area contributed by atoms with Gasteiger partial charge in [-0.2, -0.15) is 13.2 Å². The number of nitrogens with zero attached hydrogens (tertiary/aromatic N) is 2. The van der Waals surface area contributed by atoms with Gasteiger partial charge >= 0.3 is 12.1 Å². The number of benzene rings is 2. The van der Waals surface area contributed by atoms with E-state index in [2.05, 4.69) is 0 Å². The molecule has 1 N–H and O–H groups in total. The minimum Gasteiger partial charge on any atom is -0.494 e. The maximum Gasteiger partial charge on any atom is 0.416 e. The zero-order valence-electron chi connectivity index (χ0n) is 19.1. The van der Waals surface area contributed by atoms with Crippen molar-refractivity contribution in [1.29, 1.82) is 0 Å². The highest BCUT2D eigenvalue weighted by Gasteiger charge is 2.31. The molecule has 0 spiro atoms. The number of carbonyl (C=O) groups is 1. The third kappa shape index (κ3) is 8.21. The molecule has 2 aromatic carbocycles. The molecule has 0 amide bonds. The maximum atomic E-state index is 12.8. The maximum absolute atomic E-state index is 12.8. The Hall–Kier alpha value is -2.79. The normalized spacial score (nSPS) is 12.1. The zero-order chi connectivity index (χ0) is 25.4. The minimum absolute atomic E-state index is 0.0277. The van der Waals surface area contributed by atoms with Crippen molar-refractivity contribution in [1.82, 2.24) is 4.90 Å². The van der Waals surface area contributed by atoms with Crippen LogP contribution in [0.1, 0.15) is 31.2 Å². The van der Waals surface area contributed by atoms with E-state index >= 15 is 0 Å². The number of carboxylic acids is 1. The van der Waals surface area contributed by atoms with Crippen LogP contribution in [0.3, 0.4) is 0 Å². The van der Waals surface area contributed by atoms with Crippen molar-refractivity contribution in [2.75, 3.05) is 38.1 Å². The number of hydrogen-bond acceptors (Lipinski definition) is 5. The van der Waals surface area contributed by atoms with Crippen LogP contribution in [0.5, 0.6) is 5.75 Å². The molecule has 0 aromatic heterocycles. The summed E-state index contributed by atoms with van der Waals surface area (Å²) >= 11 is 0.